The van der Waals surface area contributed by atoms with E-state index in [0.717, 1.165) is 5.56 Å². The van der Waals surface area contributed by atoms with E-state index in [9.17, 15) is 0 Å². The highest BCUT2D eigenvalue weighted by Crippen LogP contribution is 2.25. The summed E-state index contributed by atoms with van der Waals surface area (Å²) >= 11 is 12.0. The Hall–Kier alpha value is -1.01. The largest absolute Gasteiger partial charge is 0.376 e. The van der Waals surface area contributed by atoms with Crippen LogP contribution in [-0.2, 0) is 9.47 Å². The van der Waals surface area contributed by atoms with Gasteiger partial charge in [-0.1, -0.05) is 29.3 Å². The highest BCUT2D eigenvalue weighted by molar-refractivity contribution is 6.35. The molecule has 0 saturated carbocycles. The fourth-order valence-corrected chi connectivity index (χ4v) is 2.61. The van der Waals surface area contributed by atoms with Gasteiger partial charge in [-0.05, 0) is 24.6 Å². The van der Waals surface area contributed by atoms with Crippen LogP contribution >= 0.6 is 23.2 Å². The monoisotopic (exact) mass is 331 g/mol. The lowest BCUT2D eigenvalue weighted by Gasteiger charge is -2.22. The summed E-state index contributed by atoms with van der Waals surface area (Å²) in [5.74, 6) is 0.350. The second-order valence-corrected chi connectivity index (χ2v) is 5.67. The summed E-state index contributed by atoms with van der Waals surface area (Å²) in [4.78, 5) is 4.27. The molecule has 116 valence electrons. The van der Waals surface area contributed by atoms with Crippen LogP contribution in [0.3, 0.4) is 0 Å². The van der Waals surface area contributed by atoms with E-state index in [1.807, 2.05) is 13.0 Å². The van der Waals surface area contributed by atoms with Gasteiger partial charge < -0.3 is 20.5 Å². The van der Waals surface area contributed by atoms with Crippen molar-refractivity contribution in [1.29, 1.82) is 0 Å². The Balaban J connectivity index is 1.89. The first-order chi connectivity index (χ1) is 10.1. The van der Waals surface area contributed by atoms with Gasteiger partial charge in [0.25, 0.3) is 0 Å². The minimum absolute atomic E-state index is 0.0338. The number of guanidine groups is 1. The van der Waals surface area contributed by atoms with Crippen molar-refractivity contribution < 1.29 is 9.47 Å². The van der Waals surface area contributed by atoms with Crippen molar-refractivity contribution in [2.45, 2.75) is 19.1 Å². The summed E-state index contributed by atoms with van der Waals surface area (Å²) in [5.41, 5.74) is 6.80. The van der Waals surface area contributed by atoms with Crippen LogP contribution in [0.5, 0.6) is 0 Å². The quantitative estimate of drug-likeness (QED) is 0.656. The Bertz CT molecular complexity index is 505. The zero-order chi connectivity index (χ0) is 15.2. The maximum Gasteiger partial charge on any atom is 0.189 e. The van der Waals surface area contributed by atoms with Gasteiger partial charge in [0, 0.05) is 10.0 Å². The molecule has 2 unspecified atom stereocenters. The van der Waals surface area contributed by atoms with Gasteiger partial charge in [-0.3, -0.25) is 4.99 Å². The third-order valence-electron chi connectivity index (χ3n) is 3.14. The van der Waals surface area contributed by atoms with E-state index in [4.69, 9.17) is 38.4 Å². The molecule has 0 aliphatic carbocycles. The zero-order valence-electron chi connectivity index (χ0n) is 11.8. The summed E-state index contributed by atoms with van der Waals surface area (Å²) in [6.07, 6.45) is -0.0338. The molecule has 1 aromatic rings. The Morgan fingerprint density at radius 1 is 1.48 bits per heavy atom. The molecule has 3 N–H and O–H groups in total. The number of nitrogens with zero attached hydrogens (tertiary/aromatic N) is 1. The number of rotatable bonds is 4. The van der Waals surface area contributed by atoms with Crippen LogP contribution in [0.25, 0.3) is 0 Å². The van der Waals surface area contributed by atoms with Crippen LogP contribution in [0.1, 0.15) is 18.5 Å². The lowest BCUT2D eigenvalue weighted by Crippen LogP contribution is -2.36. The number of aliphatic imine (C=N–C) groups is 1. The van der Waals surface area contributed by atoms with Gasteiger partial charge in [-0.2, -0.15) is 0 Å². The molecule has 0 aromatic heterocycles. The highest BCUT2D eigenvalue weighted by Gasteiger charge is 2.14. The van der Waals surface area contributed by atoms with Crippen LogP contribution in [0.4, 0.5) is 0 Å². The summed E-state index contributed by atoms with van der Waals surface area (Å²) in [7, 11) is 0. The van der Waals surface area contributed by atoms with Crippen molar-refractivity contribution in [3.63, 3.8) is 0 Å². The Labute approximate surface area is 134 Å². The molecule has 0 spiro atoms. The van der Waals surface area contributed by atoms with Crippen LogP contribution in [0.15, 0.2) is 23.2 Å². The van der Waals surface area contributed by atoms with Crippen molar-refractivity contribution in [2.75, 3.05) is 26.4 Å². The molecule has 21 heavy (non-hydrogen) atoms. The van der Waals surface area contributed by atoms with E-state index in [0.29, 0.717) is 42.4 Å². The van der Waals surface area contributed by atoms with Crippen molar-refractivity contribution >= 4 is 29.2 Å². The molecular formula is C14H19Cl2N3O2. The molecule has 2 atom stereocenters. The van der Waals surface area contributed by atoms with Crippen molar-refractivity contribution in [2.24, 2.45) is 10.7 Å². The normalized spacial score (nSPS) is 21.1. The molecule has 1 heterocycles. The van der Waals surface area contributed by atoms with Crippen LogP contribution in [-0.4, -0.2) is 38.4 Å². The van der Waals surface area contributed by atoms with Crippen molar-refractivity contribution in [3.05, 3.63) is 33.8 Å². The van der Waals surface area contributed by atoms with Gasteiger partial charge in [0.05, 0.1) is 32.4 Å². The molecule has 1 fully saturated rings. The fraction of sp³-hybridized carbons (Fsp3) is 0.500. The average Bonchev–Trinajstić information content (AvgIpc) is 2.46. The summed E-state index contributed by atoms with van der Waals surface area (Å²) in [6.45, 7) is 4.22. The van der Waals surface area contributed by atoms with E-state index >= 15 is 0 Å². The summed E-state index contributed by atoms with van der Waals surface area (Å²) in [5, 5.41) is 4.30. The van der Waals surface area contributed by atoms with Crippen LogP contribution in [0, 0.1) is 0 Å². The third-order valence-corrected chi connectivity index (χ3v) is 3.71. The summed E-state index contributed by atoms with van der Waals surface area (Å²) in [6, 6.07) is 5.30. The Kier molecular flexibility index (Phi) is 6.11. The molecule has 1 aliphatic rings. The molecule has 1 aromatic carbocycles. The standard InChI is InChI=1S/C14H19Cl2N3O2/c1-9(12-3-2-10(15)6-13(12)16)19-14(17)18-7-11-8-20-4-5-21-11/h2-3,6,9,11H,4-5,7-8H2,1H3,(H3,17,18,19). The fourth-order valence-electron chi connectivity index (χ4n) is 2.04. The van der Waals surface area contributed by atoms with E-state index in [2.05, 4.69) is 10.3 Å². The minimum atomic E-state index is -0.0676. The first-order valence-electron chi connectivity index (χ1n) is 6.77. The molecule has 1 aliphatic heterocycles. The number of benzene rings is 1. The second kappa shape index (κ2) is 7.84. The lowest BCUT2D eigenvalue weighted by molar-refractivity contribution is -0.0832. The molecule has 2 rings (SSSR count). The highest BCUT2D eigenvalue weighted by atomic mass is 35.5. The van der Waals surface area contributed by atoms with Gasteiger partial charge in [0.2, 0.25) is 0 Å². The van der Waals surface area contributed by atoms with E-state index < -0.39 is 0 Å². The maximum atomic E-state index is 6.16. The van der Waals surface area contributed by atoms with Crippen molar-refractivity contribution in [3.8, 4) is 0 Å². The molecule has 0 radical (unpaired) electrons. The number of hydrogen-bond acceptors (Lipinski definition) is 3. The minimum Gasteiger partial charge on any atom is -0.376 e. The number of ether oxygens (including phenoxy) is 2. The SMILES string of the molecule is CC(NC(N)=NCC1COCCO1)c1ccc(Cl)cc1Cl. The van der Waals surface area contributed by atoms with Gasteiger partial charge in [-0.15, -0.1) is 0 Å². The predicted octanol–water partition coefficient (Wildman–Crippen LogP) is 2.37. The third kappa shape index (κ3) is 5.04. The van der Waals surface area contributed by atoms with Gasteiger partial charge in [0.15, 0.2) is 5.96 Å². The molecule has 0 amide bonds. The maximum absolute atomic E-state index is 6.16. The van der Waals surface area contributed by atoms with Gasteiger partial charge >= 0.3 is 0 Å². The molecule has 5 nitrogen and oxygen atoms in total. The lowest BCUT2D eigenvalue weighted by atomic mass is 10.1. The van der Waals surface area contributed by atoms with E-state index in [-0.39, 0.29) is 12.1 Å². The Morgan fingerprint density at radius 3 is 2.95 bits per heavy atom. The molecule has 0 bridgehead atoms. The van der Waals surface area contributed by atoms with E-state index in [1.54, 1.807) is 12.1 Å². The van der Waals surface area contributed by atoms with Crippen LogP contribution < -0.4 is 11.1 Å². The number of nitrogens with two attached hydrogens (primary N) is 1. The predicted molar refractivity (Wildman–Crippen MR) is 85.1 cm³/mol. The zero-order valence-corrected chi connectivity index (χ0v) is 13.3. The number of hydrogen-bond donors (Lipinski definition) is 2. The molecular weight excluding hydrogens is 313 g/mol. The first-order valence-corrected chi connectivity index (χ1v) is 7.52. The average molecular weight is 332 g/mol. The van der Waals surface area contributed by atoms with E-state index in [1.165, 1.54) is 0 Å². The molecule has 1 saturated heterocycles. The second-order valence-electron chi connectivity index (χ2n) is 4.83. The number of nitrogens with one attached hydrogen (secondary N) is 1. The van der Waals surface area contributed by atoms with Crippen LogP contribution in [0.2, 0.25) is 10.0 Å². The van der Waals surface area contributed by atoms with Crippen molar-refractivity contribution in [1.82, 2.24) is 5.32 Å². The first kappa shape index (κ1) is 16.4. The Morgan fingerprint density at radius 2 is 2.29 bits per heavy atom. The summed E-state index contributed by atoms with van der Waals surface area (Å²) < 4.78 is 10.8. The van der Waals surface area contributed by atoms with Gasteiger partial charge in [0.1, 0.15) is 6.10 Å². The van der Waals surface area contributed by atoms with Gasteiger partial charge in [-0.25, -0.2) is 0 Å². The molecule has 7 heteroatoms. The number of halogens is 2. The topological polar surface area (TPSA) is 68.9 Å². The smallest absolute Gasteiger partial charge is 0.189 e.